The van der Waals surface area contributed by atoms with Crippen LogP contribution in [0.3, 0.4) is 0 Å². The first-order valence-corrected chi connectivity index (χ1v) is 16.8. The summed E-state index contributed by atoms with van der Waals surface area (Å²) in [5, 5.41) is 51.1. The number of rotatable bonds is 10. The molecule has 2 bridgehead atoms. The highest BCUT2D eigenvalue weighted by molar-refractivity contribution is 5.88. The summed E-state index contributed by atoms with van der Waals surface area (Å²) in [4.78, 5) is 21.1. The minimum atomic E-state index is -2.06. The number of ether oxygens (including phenoxy) is 6. The number of aliphatic hydroxyl groups excluding tert-OH is 2. The molecule has 3 aliphatic rings. The standard InChI is InChI=1S/C33H60N2O12/c1-12-24-32(8,39)27(37)20(4)25(34-43-17-42-14-13-41-11)18(2)16-31(7)28(21(5)33(40,47-31)22(6)29(38)45-24)46-30-26(36)23(35(9)10)15-19(3)44-30/h18-24,26-28,30,36-37,39-40H,12-17H2,1-11H3/b34-25+/t18-,19-,20+,21-,22+,23+,24-,26-,27-,28-,30+,31+,32-,33+/m1/s1. The fourth-order valence-electron chi connectivity index (χ4n) is 7.53. The SMILES string of the molecule is CC[C@H]1OC(=O)[C@H](C)[C@@]2(O)O[C@@](C)(C[C@@H](C)/C(=N\OCOCCOC)[C@H](C)[C@@H](O)[C@]1(C)O)[C@H](O[C@@H]1O[C@H](C)C[C@H](N(C)C)[C@H]1O)[C@H]2C. The molecule has 0 amide bonds. The highest BCUT2D eigenvalue weighted by Crippen LogP contribution is 2.51. The van der Waals surface area contributed by atoms with Gasteiger partial charge >= 0.3 is 5.97 Å². The number of hydrogen-bond donors (Lipinski definition) is 4. The van der Waals surface area contributed by atoms with Crippen LogP contribution in [0.15, 0.2) is 5.16 Å². The number of methoxy groups -OCH3 is 1. The molecule has 4 N–H and O–H groups in total. The van der Waals surface area contributed by atoms with Crippen molar-refractivity contribution in [3.8, 4) is 0 Å². The van der Waals surface area contributed by atoms with Crippen LogP contribution in [-0.2, 0) is 38.1 Å². The lowest BCUT2D eigenvalue weighted by Crippen LogP contribution is -2.57. The Morgan fingerprint density at radius 3 is 2.32 bits per heavy atom. The topological polar surface area (TPSA) is 178 Å². The van der Waals surface area contributed by atoms with Crippen LogP contribution in [0, 0.1) is 23.7 Å². The Labute approximate surface area is 279 Å². The highest BCUT2D eigenvalue weighted by atomic mass is 16.7. The lowest BCUT2D eigenvalue weighted by molar-refractivity contribution is -0.285. The summed E-state index contributed by atoms with van der Waals surface area (Å²) >= 11 is 0. The maximum atomic E-state index is 13.7. The van der Waals surface area contributed by atoms with Crippen molar-refractivity contribution in [2.45, 2.75) is 134 Å². The number of hydrogen-bond acceptors (Lipinski definition) is 14. The second kappa shape index (κ2) is 16.0. The highest BCUT2D eigenvalue weighted by Gasteiger charge is 2.64. The Hall–Kier alpha value is -1.46. The van der Waals surface area contributed by atoms with Gasteiger partial charge in [0.2, 0.25) is 6.79 Å². The van der Waals surface area contributed by atoms with E-state index in [1.54, 1.807) is 34.8 Å². The Morgan fingerprint density at radius 2 is 1.72 bits per heavy atom. The van der Waals surface area contributed by atoms with Crippen molar-refractivity contribution in [3.05, 3.63) is 0 Å². The van der Waals surface area contributed by atoms with Gasteiger partial charge in [-0.05, 0) is 61.1 Å². The van der Waals surface area contributed by atoms with E-state index in [0.29, 0.717) is 18.7 Å². The zero-order valence-corrected chi connectivity index (χ0v) is 30.0. The van der Waals surface area contributed by atoms with E-state index in [4.69, 9.17) is 33.3 Å². The number of nitrogens with zero attached hydrogens (tertiary/aromatic N) is 2. The van der Waals surface area contributed by atoms with E-state index in [-0.39, 0.29) is 38.4 Å². The molecule has 0 unspecified atom stereocenters. The average Bonchev–Trinajstić information content (AvgIpc) is 3.19. The Balaban J connectivity index is 2.09. The van der Waals surface area contributed by atoms with Gasteiger partial charge < -0.3 is 58.6 Å². The summed E-state index contributed by atoms with van der Waals surface area (Å²) in [7, 11) is 5.32. The third-order valence-corrected chi connectivity index (χ3v) is 10.4. The van der Waals surface area contributed by atoms with Gasteiger partial charge in [-0.2, -0.15) is 0 Å². The number of fused-ring (bicyclic) bond motifs is 2. The van der Waals surface area contributed by atoms with Gasteiger partial charge in [0.1, 0.15) is 23.7 Å². The van der Waals surface area contributed by atoms with E-state index in [0.717, 1.165) is 0 Å². The van der Waals surface area contributed by atoms with E-state index in [1.807, 2.05) is 32.8 Å². The smallest absolute Gasteiger partial charge is 0.314 e. The maximum absolute atomic E-state index is 13.7. The van der Waals surface area contributed by atoms with E-state index in [1.165, 1.54) is 13.8 Å². The van der Waals surface area contributed by atoms with Crippen LogP contribution in [0.5, 0.6) is 0 Å². The van der Waals surface area contributed by atoms with Crippen LogP contribution in [0.2, 0.25) is 0 Å². The molecule has 0 aromatic rings. The van der Waals surface area contributed by atoms with Crippen molar-refractivity contribution in [3.63, 3.8) is 0 Å². The van der Waals surface area contributed by atoms with E-state index < -0.39 is 77.3 Å². The molecular weight excluding hydrogens is 616 g/mol. The van der Waals surface area contributed by atoms with Gasteiger partial charge in [0.15, 0.2) is 12.1 Å². The molecule has 47 heavy (non-hydrogen) atoms. The van der Waals surface area contributed by atoms with Gasteiger partial charge in [0.05, 0.1) is 42.8 Å². The zero-order chi connectivity index (χ0) is 35.5. The van der Waals surface area contributed by atoms with Gasteiger partial charge in [0.25, 0.3) is 0 Å². The van der Waals surface area contributed by atoms with Crippen LogP contribution in [0.1, 0.15) is 74.7 Å². The molecule has 14 heteroatoms. The monoisotopic (exact) mass is 676 g/mol. The molecule has 3 rings (SSSR count). The molecule has 3 fully saturated rings. The Morgan fingerprint density at radius 1 is 1.06 bits per heavy atom. The third kappa shape index (κ3) is 8.47. The molecule has 0 spiro atoms. The molecule has 0 aromatic heterocycles. The van der Waals surface area contributed by atoms with Gasteiger partial charge in [-0.3, -0.25) is 4.79 Å². The molecular formula is C33H60N2O12. The Bertz CT molecular complexity index is 1060. The second-order valence-corrected chi connectivity index (χ2v) is 14.4. The third-order valence-electron chi connectivity index (χ3n) is 10.4. The van der Waals surface area contributed by atoms with Crippen LogP contribution < -0.4 is 0 Å². The Kier molecular flexibility index (Phi) is 13.6. The average molecular weight is 677 g/mol. The fourth-order valence-corrected chi connectivity index (χ4v) is 7.53. The first-order chi connectivity index (χ1) is 21.8. The summed E-state index contributed by atoms with van der Waals surface area (Å²) in [5.41, 5.74) is -2.76. The number of oxime groups is 1. The minimum Gasteiger partial charge on any atom is -0.459 e. The van der Waals surface area contributed by atoms with Crippen molar-refractivity contribution in [2.75, 3.05) is 41.2 Å². The maximum Gasteiger partial charge on any atom is 0.314 e. The largest absolute Gasteiger partial charge is 0.459 e. The molecule has 274 valence electrons. The van der Waals surface area contributed by atoms with Crippen LogP contribution in [0.4, 0.5) is 0 Å². The second-order valence-electron chi connectivity index (χ2n) is 14.4. The summed E-state index contributed by atoms with van der Waals surface area (Å²) in [6.07, 6.45) is -4.71. The quantitative estimate of drug-likeness (QED) is 0.114. The normalized spacial score (nSPS) is 46.1. The summed E-state index contributed by atoms with van der Waals surface area (Å²) in [6.45, 7) is 14.1. The minimum absolute atomic E-state index is 0.177. The first-order valence-electron chi connectivity index (χ1n) is 16.8. The number of carbonyl (C=O) groups is 1. The molecule has 14 atom stereocenters. The first kappa shape index (κ1) is 40.0. The number of carbonyl (C=O) groups excluding carboxylic acids is 1. The molecule has 3 aliphatic heterocycles. The van der Waals surface area contributed by atoms with Gasteiger partial charge in [-0.15, -0.1) is 0 Å². The number of cyclic esters (lactones) is 1. The van der Waals surface area contributed by atoms with Crippen molar-refractivity contribution < 1.29 is 58.5 Å². The van der Waals surface area contributed by atoms with Crippen molar-refractivity contribution in [1.29, 1.82) is 0 Å². The number of esters is 1. The predicted octanol–water partition coefficient (Wildman–Crippen LogP) is 1.65. The predicted molar refractivity (Wildman–Crippen MR) is 171 cm³/mol. The van der Waals surface area contributed by atoms with Gasteiger partial charge in [-0.25, -0.2) is 0 Å². The van der Waals surface area contributed by atoms with Crippen molar-refractivity contribution >= 4 is 11.7 Å². The molecule has 3 saturated heterocycles. The van der Waals surface area contributed by atoms with Crippen LogP contribution in [0.25, 0.3) is 0 Å². The molecule has 0 aromatic carbocycles. The summed E-state index contributed by atoms with van der Waals surface area (Å²) < 4.78 is 35.4. The van der Waals surface area contributed by atoms with Crippen LogP contribution in [-0.4, -0.2) is 138 Å². The lowest BCUT2D eigenvalue weighted by Gasteiger charge is -2.44. The van der Waals surface area contributed by atoms with Gasteiger partial charge in [-0.1, -0.05) is 32.9 Å². The summed E-state index contributed by atoms with van der Waals surface area (Å²) in [5.74, 6) is -6.14. The number of aliphatic hydroxyl groups is 4. The molecule has 14 nitrogen and oxygen atoms in total. The van der Waals surface area contributed by atoms with E-state index >= 15 is 0 Å². The van der Waals surface area contributed by atoms with Crippen LogP contribution >= 0.6 is 0 Å². The number of likely N-dealkylation sites (N-methyl/N-ethyl adjacent to an activating group) is 1. The molecule has 0 aliphatic carbocycles. The van der Waals surface area contributed by atoms with E-state index in [9.17, 15) is 25.2 Å². The van der Waals surface area contributed by atoms with Gasteiger partial charge in [0, 0.05) is 30.9 Å². The molecule has 0 saturated carbocycles. The van der Waals surface area contributed by atoms with Crippen molar-refractivity contribution in [2.24, 2.45) is 28.8 Å². The zero-order valence-electron chi connectivity index (χ0n) is 30.0. The van der Waals surface area contributed by atoms with Crippen molar-refractivity contribution in [1.82, 2.24) is 4.90 Å². The fraction of sp³-hybridized carbons (Fsp3) is 0.939. The van der Waals surface area contributed by atoms with E-state index in [2.05, 4.69) is 5.16 Å². The molecule has 3 heterocycles. The lowest BCUT2D eigenvalue weighted by atomic mass is 9.75. The molecule has 0 radical (unpaired) electrons. The summed E-state index contributed by atoms with van der Waals surface area (Å²) in [6, 6.07) is -0.236.